The normalized spacial score (nSPS) is 20.4. The van der Waals surface area contributed by atoms with Gasteiger partial charge in [-0.3, -0.25) is 14.4 Å². The predicted octanol–water partition coefficient (Wildman–Crippen LogP) is 5.91. The number of carbonyl (C=O) groups is 2. The molecule has 1 fully saturated rings. The van der Waals surface area contributed by atoms with Gasteiger partial charge < -0.3 is 9.72 Å². The highest BCUT2D eigenvalue weighted by atomic mass is 35.5. The minimum Gasteiger partial charge on any atom is -0.489 e. The van der Waals surface area contributed by atoms with Crippen molar-refractivity contribution >= 4 is 52.2 Å². The Balaban J connectivity index is 1.45. The quantitative estimate of drug-likeness (QED) is 0.304. The first kappa shape index (κ1) is 24.9. The number of amides is 2. The van der Waals surface area contributed by atoms with Crippen LogP contribution in [0.1, 0.15) is 27.5 Å². The molecule has 0 radical (unpaired) electrons. The summed E-state index contributed by atoms with van der Waals surface area (Å²) in [5.41, 5.74) is 3.00. The Morgan fingerprint density at radius 1 is 1.03 bits per heavy atom. The summed E-state index contributed by atoms with van der Waals surface area (Å²) in [4.78, 5) is 44.2. The average molecular weight is 567 g/mol. The number of aromatic amines is 1. The lowest BCUT2D eigenvalue weighted by Gasteiger charge is -2.31. The molecule has 2 aliphatic heterocycles. The van der Waals surface area contributed by atoms with Crippen LogP contribution >= 0.6 is 34.7 Å². The number of thioether (sulfide) groups is 1. The van der Waals surface area contributed by atoms with Crippen LogP contribution in [0.5, 0.6) is 5.75 Å². The van der Waals surface area contributed by atoms with Gasteiger partial charge in [-0.15, -0.1) is 0 Å². The molecule has 1 saturated heterocycles. The second kappa shape index (κ2) is 9.72. The van der Waals surface area contributed by atoms with E-state index in [0.717, 1.165) is 27.4 Å². The summed E-state index contributed by atoms with van der Waals surface area (Å²) in [6, 6.07) is 18.4. The van der Waals surface area contributed by atoms with E-state index in [2.05, 4.69) is 4.98 Å². The van der Waals surface area contributed by atoms with Crippen molar-refractivity contribution in [2.75, 3.05) is 4.90 Å². The molecule has 3 atom stereocenters. The number of thiazole rings is 1. The number of hydrogen-bond donors (Lipinski definition) is 1. The molecule has 6 nitrogen and oxygen atoms in total. The molecule has 10 heteroatoms. The van der Waals surface area contributed by atoms with Crippen LogP contribution in [-0.2, 0) is 16.2 Å². The van der Waals surface area contributed by atoms with Gasteiger partial charge in [0.05, 0.1) is 16.6 Å². The summed E-state index contributed by atoms with van der Waals surface area (Å²) in [5.74, 6) is -2.24. The zero-order valence-corrected chi connectivity index (χ0v) is 22.3. The van der Waals surface area contributed by atoms with Gasteiger partial charge in [0.25, 0.3) is 0 Å². The Labute approximate surface area is 230 Å². The number of imide groups is 1. The Bertz CT molecular complexity index is 1630. The molecule has 0 unspecified atom stereocenters. The van der Waals surface area contributed by atoms with E-state index in [1.54, 1.807) is 18.2 Å². The highest BCUT2D eigenvalue weighted by molar-refractivity contribution is 8.00. The predicted molar refractivity (Wildman–Crippen MR) is 146 cm³/mol. The molecule has 192 valence electrons. The highest BCUT2D eigenvalue weighted by Gasteiger charge is 2.56. The minimum atomic E-state index is -0.809. The standard InChI is InChI=1S/C28H20ClFN2O4S2/c1-14-3-2-4-15(11-14)13-36-20-10-5-16(29)12-19(20)21-22-24(37-25-23(21)38-28(35)31-25)27(34)32(26(22)33)18-8-6-17(30)7-9-18/h2-12,21-22,24H,13H2,1H3,(H,31,35)/t21-,22-,24+/m0/s1. The molecule has 6 rings (SSSR count). The number of aryl methyl sites for hydroxylation is 1. The van der Waals surface area contributed by atoms with E-state index in [9.17, 15) is 18.8 Å². The van der Waals surface area contributed by atoms with Crippen molar-refractivity contribution in [2.24, 2.45) is 5.92 Å². The lowest BCUT2D eigenvalue weighted by molar-refractivity contribution is -0.122. The maximum atomic E-state index is 13.9. The Morgan fingerprint density at radius 2 is 1.82 bits per heavy atom. The number of nitrogens with zero attached hydrogens (tertiary/aromatic N) is 1. The number of nitrogens with one attached hydrogen (secondary N) is 1. The molecule has 3 aromatic carbocycles. The van der Waals surface area contributed by atoms with E-state index in [-0.39, 0.29) is 11.5 Å². The van der Waals surface area contributed by atoms with Gasteiger partial charge in [-0.05, 0) is 55.0 Å². The number of ether oxygens (including phenoxy) is 1. The van der Waals surface area contributed by atoms with E-state index in [0.29, 0.717) is 31.9 Å². The molecule has 38 heavy (non-hydrogen) atoms. The van der Waals surface area contributed by atoms with Crippen molar-refractivity contribution in [1.29, 1.82) is 0 Å². The fraction of sp³-hybridized carbons (Fsp3) is 0.179. The Morgan fingerprint density at radius 3 is 2.58 bits per heavy atom. The van der Waals surface area contributed by atoms with Crippen molar-refractivity contribution < 1.29 is 18.7 Å². The molecule has 4 aromatic rings. The number of rotatable bonds is 5. The Kier molecular flexibility index (Phi) is 6.37. The van der Waals surface area contributed by atoms with Gasteiger partial charge in [0, 0.05) is 21.4 Å². The van der Waals surface area contributed by atoms with E-state index < -0.39 is 34.7 Å². The number of benzene rings is 3. The van der Waals surface area contributed by atoms with Gasteiger partial charge in [0.15, 0.2) is 0 Å². The number of halogens is 2. The summed E-state index contributed by atoms with van der Waals surface area (Å²) in [6.07, 6.45) is 0. The first-order valence-electron chi connectivity index (χ1n) is 11.8. The van der Waals surface area contributed by atoms with E-state index in [4.69, 9.17) is 16.3 Å². The van der Waals surface area contributed by atoms with Crippen molar-refractivity contribution in [3.63, 3.8) is 0 Å². The molecule has 2 amide bonds. The lowest BCUT2D eigenvalue weighted by atomic mass is 9.82. The number of anilines is 1. The molecule has 1 aromatic heterocycles. The zero-order chi connectivity index (χ0) is 26.6. The summed E-state index contributed by atoms with van der Waals surface area (Å²) in [7, 11) is 0. The van der Waals surface area contributed by atoms with Gasteiger partial charge in [-0.1, -0.05) is 64.5 Å². The fourth-order valence-corrected chi connectivity index (χ4v) is 7.74. The summed E-state index contributed by atoms with van der Waals surface area (Å²) in [6.45, 7) is 2.29. The molecule has 0 saturated carbocycles. The summed E-state index contributed by atoms with van der Waals surface area (Å²) < 4.78 is 19.8. The van der Waals surface area contributed by atoms with Crippen molar-refractivity contribution in [1.82, 2.24) is 4.98 Å². The average Bonchev–Trinajstić information content (AvgIpc) is 3.38. The molecular formula is C28H20ClFN2O4S2. The van der Waals surface area contributed by atoms with Gasteiger partial charge in [0.2, 0.25) is 11.8 Å². The molecular weight excluding hydrogens is 547 g/mol. The first-order chi connectivity index (χ1) is 18.3. The van der Waals surface area contributed by atoms with Gasteiger partial charge >= 0.3 is 4.87 Å². The van der Waals surface area contributed by atoms with Gasteiger partial charge in [0.1, 0.15) is 23.4 Å². The third kappa shape index (κ3) is 4.34. The highest BCUT2D eigenvalue weighted by Crippen LogP contribution is 2.54. The maximum absolute atomic E-state index is 13.9. The zero-order valence-electron chi connectivity index (χ0n) is 19.9. The van der Waals surface area contributed by atoms with Crippen LogP contribution in [-0.4, -0.2) is 22.0 Å². The smallest absolute Gasteiger partial charge is 0.305 e. The summed E-state index contributed by atoms with van der Waals surface area (Å²) >= 11 is 8.62. The second-order valence-electron chi connectivity index (χ2n) is 9.20. The van der Waals surface area contributed by atoms with E-state index in [1.165, 1.54) is 36.0 Å². The van der Waals surface area contributed by atoms with Crippen LogP contribution in [0.3, 0.4) is 0 Å². The third-order valence-electron chi connectivity index (χ3n) is 6.69. The lowest BCUT2D eigenvalue weighted by Crippen LogP contribution is -2.32. The number of H-pyrrole nitrogens is 1. The van der Waals surface area contributed by atoms with Crippen LogP contribution in [0.15, 0.2) is 76.6 Å². The largest absolute Gasteiger partial charge is 0.489 e. The van der Waals surface area contributed by atoms with Crippen LogP contribution in [0.2, 0.25) is 5.02 Å². The van der Waals surface area contributed by atoms with Crippen LogP contribution in [0.4, 0.5) is 10.1 Å². The third-order valence-corrected chi connectivity index (χ3v) is 9.33. The van der Waals surface area contributed by atoms with Crippen molar-refractivity contribution in [3.8, 4) is 5.75 Å². The fourth-order valence-electron chi connectivity index (χ4n) is 5.05. The topological polar surface area (TPSA) is 79.5 Å². The number of fused-ring (bicyclic) bond motifs is 2. The Hall–Kier alpha value is -3.40. The molecule has 0 bridgehead atoms. The second-order valence-corrected chi connectivity index (χ2v) is 11.8. The van der Waals surface area contributed by atoms with Gasteiger partial charge in [-0.2, -0.15) is 0 Å². The monoisotopic (exact) mass is 566 g/mol. The van der Waals surface area contributed by atoms with Gasteiger partial charge in [-0.25, -0.2) is 9.29 Å². The molecule has 2 aliphatic rings. The van der Waals surface area contributed by atoms with Crippen LogP contribution in [0, 0.1) is 18.7 Å². The molecule has 0 spiro atoms. The van der Waals surface area contributed by atoms with E-state index >= 15 is 0 Å². The minimum absolute atomic E-state index is 0.271. The number of carbonyl (C=O) groups excluding carboxylic acids is 2. The maximum Gasteiger partial charge on any atom is 0.305 e. The van der Waals surface area contributed by atoms with E-state index in [1.807, 2.05) is 31.2 Å². The van der Waals surface area contributed by atoms with Crippen LogP contribution in [0.25, 0.3) is 0 Å². The first-order valence-corrected chi connectivity index (χ1v) is 13.9. The number of hydrogen-bond acceptors (Lipinski definition) is 6. The molecule has 0 aliphatic carbocycles. The molecule has 1 N–H and O–H groups in total. The number of aromatic nitrogens is 1. The van der Waals surface area contributed by atoms with Crippen molar-refractivity contribution in [3.05, 3.63) is 109 Å². The van der Waals surface area contributed by atoms with Crippen molar-refractivity contribution in [2.45, 2.75) is 29.7 Å². The SMILES string of the molecule is Cc1cccc(COc2ccc(Cl)cc2[C@@H]2c3sc(=O)[nH]c3S[C@H]3C(=O)N(c4ccc(F)cc4)C(=O)[C@@H]23)c1. The van der Waals surface area contributed by atoms with Crippen LogP contribution < -0.4 is 14.5 Å². The molecule has 3 heterocycles. The summed E-state index contributed by atoms with van der Waals surface area (Å²) in [5, 5.41) is 0.214.